The molecule has 2 aromatic carbocycles. The first-order chi connectivity index (χ1) is 9.63. The van der Waals surface area contributed by atoms with Crippen molar-refractivity contribution in [3.63, 3.8) is 0 Å². The van der Waals surface area contributed by atoms with Gasteiger partial charge < -0.3 is 15.2 Å². The van der Waals surface area contributed by atoms with Gasteiger partial charge in [0.25, 0.3) is 0 Å². The Morgan fingerprint density at radius 2 is 1.85 bits per heavy atom. The van der Waals surface area contributed by atoms with Crippen molar-refractivity contribution in [1.82, 2.24) is 0 Å². The fourth-order valence-corrected chi connectivity index (χ4v) is 1.95. The van der Waals surface area contributed by atoms with Crippen LogP contribution in [0.5, 0.6) is 11.5 Å². The second-order valence-electron chi connectivity index (χ2n) is 4.23. The van der Waals surface area contributed by atoms with Gasteiger partial charge in [0.1, 0.15) is 12.4 Å². The molecule has 2 rings (SSSR count). The van der Waals surface area contributed by atoms with Gasteiger partial charge in [-0.15, -0.1) is 0 Å². The number of nitrogens with two attached hydrogens (primary N) is 1. The molecule has 0 aromatic heterocycles. The van der Waals surface area contributed by atoms with Gasteiger partial charge in [-0.2, -0.15) is 0 Å². The van der Waals surface area contributed by atoms with Crippen LogP contribution in [0.1, 0.15) is 11.1 Å². The van der Waals surface area contributed by atoms with Gasteiger partial charge in [0.2, 0.25) is 0 Å². The Morgan fingerprint density at radius 3 is 2.50 bits per heavy atom. The second-order valence-corrected chi connectivity index (χ2v) is 4.63. The van der Waals surface area contributed by atoms with E-state index in [1.807, 2.05) is 12.1 Å². The average molecular weight is 296 g/mol. The quantitative estimate of drug-likeness (QED) is 0.918. The number of ether oxygens (including phenoxy) is 2. The van der Waals surface area contributed by atoms with Crippen LogP contribution in [0.15, 0.2) is 36.4 Å². The first-order valence-electron chi connectivity index (χ1n) is 6.07. The maximum Gasteiger partial charge on any atom is 0.161 e. The summed E-state index contributed by atoms with van der Waals surface area (Å²) < 4.78 is 24.0. The Balaban J connectivity index is 2.12. The lowest BCUT2D eigenvalue weighted by Crippen LogP contribution is -2.01. The summed E-state index contributed by atoms with van der Waals surface area (Å²) in [5, 5.41) is 0.0801. The highest BCUT2D eigenvalue weighted by Gasteiger charge is 2.07. The van der Waals surface area contributed by atoms with E-state index in [2.05, 4.69) is 0 Å². The molecule has 0 fully saturated rings. The minimum Gasteiger partial charge on any atom is -0.493 e. The molecule has 0 atom stereocenters. The fourth-order valence-electron chi connectivity index (χ4n) is 1.75. The Morgan fingerprint density at radius 1 is 1.10 bits per heavy atom. The molecule has 2 N–H and O–H groups in total. The number of methoxy groups -OCH3 is 1. The molecule has 0 spiro atoms. The molecular formula is C15H15ClFNO2. The van der Waals surface area contributed by atoms with E-state index in [4.69, 9.17) is 26.8 Å². The second kappa shape index (κ2) is 6.59. The summed E-state index contributed by atoms with van der Waals surface area (Å²) >= 11 is 5.72. The zero-order valence-corrected chi connectivity index (χ0v) is 11.8. The Kier molecular flexibility index (Phi) is 4.82. The summed E-state index contributed by atoms with van der Waals surface area (Å²) in [4.78, 5) is 0. The number of benzene rings is 2. The third-order valence-electron chi connectivity index (χ3n) is 2.84. The standard InChI is InChI=1S/C15H15ClFNO2/c1-19-15-7-10(8-18)3-5-14(15)20-9-11-2-4-13(17)12(16)6-11/h2-7H,8-9,18H2,1H3. The molecule has 0 saturated heterocycles. The normalized spacial score (nSPS) is 10.4. The van der Waals surface area contributed by atoms with Crippen LogP contribution in [-0.4, -0.2) is 7.11 Å². The predicted octanol–water partition coefficient (Wildman–Crippen LogP) is 3.53. The fraction of sp³-hybridized carbons (Fsp3) is 0.200. The molecule has 106 valence electrons. The maximum absolute atomic E-state index is 13.1. The molecule has 0 heterocycles. The zero-order chi connectivity index (χ0) is 14.5. The Labute approximate surface area is 122 Å². The number of rotatable bonds is 5. The lowest BCUT2D eigenvalue weighted by Gasteiger charge is -2.12. The molecule has 3 nitrogen and oxygen atoms in total. The average Bonchev–Trinajstić information content (AvgIpc) is 2.48. The summed E-state index contributed by atoms with van der Waals surface area (Å²) in [6.45, 7) is 0.711. The number of hydrogen-bond donors (Lipinski definition) is 1. The molecular weight excluding hydrogens is 281 g/mol. The van der Waals surface area contributed by atoms with Gasteiger partial charge in [-0.3, -0.25) is 0 Å². The Hall–Kier alpha value is -1.78. The molecule has 5 heteroatoms. The van der Waals surface area contributed by atoms with Gasteiger partial charge in [-0.1, -0.05) is 23.7 Å². The highest BCUT2D eigenvalue weighted by Crippen LogP contribution is 2.29. The topological polar surface area (TPSA) is 44.5 Å². The van der Waals surface area contributed by atoms with Crippen molar-refractivity contribution >= 4 is 11.6 Å². The van der Waals surface area contributed by atoms with E-state index in [9.17, 15) is 4.39 Å². The van der Waals surface area contributed by atoms with Crippen molar-refractivity contribution in [1.29, 1.82) is 0 Å². The molecule has 0 aliphatic heterocycles. The lowest BCUT2D eigenvalue weighted by molar-refractivity contribution is 0.284. The van der Waals surface area contributed by atoms with Crippen molar-refractivity contribution in [3.05, 3.63) is 58.4 Å². The molecule has 20 heavy (non-hydrogen) atoms. The van der Waals surface area contributed by atoms with Crippen LogP contribution in [0.25, 0.3) is 0 Å². The predicted molar refractivity (Wildman–Crippen MR) is 76.6 cm³/mol. The summed E-state index contributed by atoms with van der Waals surface area (Å²) in [7, 11) is 1.57. The largest absolute Gasteiger partial charge is 0.493 e. The summed E-state index contributed by atoms with van der Waals surface area (Å²) in [6.07, 6.45) is 0. The van der Waals surface area contributed by atoms with Crippen LogP contribution < -0.4 is 15.2 Å². The van der Waals surface area contributed by atoms with E-state index in [0.29, 0.717) is 18.0 Å². The SMILES string of the molecule is COc1cc(CN)ccc1OCc1ccc(F)c(Cl)c1. The smallest absolute Gasteiger partial charge is 0.161 e. The van der Waals surface area contributed by atoms with Gasteiger partial charge in [0.15, 0.2) is 11.5 Å². The molecule has 0 bridgehead atoms. The molecule has 0 amide bonds. The monoisotopic (exact) mass is 295 g/mol. The van der Waals surface area contributed by atoms with Crippen molar-refractivity contribution in [2.45, 2.75) is 13.2 Å². The van der Waals surface area contributed by atoms with Crippen molar-refractivity contribution in [3.8, 4) is 11.5 Å². The van der Waals surface area contributed by atoms with Crippen LogP contribution in [0.2, 0.25) is 5.02 Å². The van der Waals surface area contributed by atoms with E-state index in [1.165, 1.54) is 12.1 Å². The van der Waals surface area contributed by atoms with Gasteiger partial charge in [-0.05, 0) is 35.4 Å². The summed E-state index contributed by atoms with van der Waals surface area (Å²) in [5.41, 5.74) is 7.31. The summed E-state index contributed by atoms with van der Waals surface area (Å²) in [5.74, 6) is 0.770. The van der Waals surface area contributed by atoms with Crippen molar-refractivity contribution < 1.29 is 13.9 Å². The van der Waals surface area contributed by atoms with E-state index in [1.54, 1.807) is 19.2 Å². The molecule has 0 aliphatic rings. The first-order valence-corrected chi connectivity index (χ1v) is 6.45. The van der Waals surface area contributed by atoms with Crippen LogP contribution >= 0.6 is 11.6 Å². The number of halogens is 2. The summed E-state index contributed by atoms with van der Waals surface area (Å²) in [6, 6.07) is 9.98. The lowest BCUT2D eigenvalue weighted by atomic mass is 10.2. The van der Waals surface area contributed by atoms with E-state index in [0.717, 1.165) is 11.1 Å². The van der Waals surface area contributed by atoms with E-state index in [-0.39, 0.29) is 11.6 Å². The van der Waals surface area contributed by atoms with Gasteiger partial charge in [-0.25, -0.2) is 4.39 Å². The number of hydrogen-bond acceptors (Lipinski definition) is 3. The van der Waals surface area contributed by atoms with E-state index >= 15 is 0 Å². The van der Waals surface area contributed by atoms with E-state index < -0.39 is 5.82 Å². The van der Waals surface area contributed by atoms with Gasteiger partial charge in [0.05, 0.1) is 12.1 Å². The molecule has 2 aromatic rings. The van der Waals surface area contributed by atoms with Crippen LogP contribution in [-0.2, 0) is 13.2 Å². The van der Waals surface area contributed by atoms with Crippen molar-refractivity contribution in [2.24, 2.45) is 5.73 Å². The molecule has 0 aliphatic carbocycles. The minimum absolute atomic E-state index is 0.0801. The first kappa shape index (κ1) is 14.6. The third kappa shape index (κ3) is 3.40. The van der Waals surface area contributed by atoms with Crippen molar-refractivity contribution in [2.75, 3.05) is 7.11 Å². The van der Waals surface area contributed by atoms with Gasteiger partial charge in [0, 0.05) is 6.54 Å². The molecule has 0 saturated carbocycles. The zero-order valence-electron chi connectivity index (χ0n) is 11.0. The van der Waals surface area contributed by atoms with Crippen LogP contribution in [0, 0.1) is 5.82 Å². The third-order valence-corrected chi connectivity index (χ3v) is 3.13. The van der Waals surface area contributed by atoms with Crippen LogP contribution in [0.4, 0.5) is 4.39 Å². The maximum atomic E-state index is 13.1. The highest BCUT2D eigenvalue weighted by atomic mass is 35.5. The van der Waals surface area contributed by atoms with Crippen LogP contribution in [0.3, 0.4) is 0 Å². The minimum atomic E-state index is -0.444. The Bertz CT molecular complexity index is 604. The molecule has 0 unspecified atom stereocenters. The molecule has 0 radical (unpaired) electrons. The van der Waals surface area contributed by atoms with Gasteiger partial charge >= 0.3 is 0 Å². The highest BCUT2D eigenvalue weighted by molar-refractivity contribution is 6.30.